The minimum atomic E-state index is -0.0381. The SMILES string of the molecule is COC(C)c1nsc(N2CCN(C3CCOCC3)C[C@H]2C)n1. The van der Waals surface area contributed by atoms with Gasteiger partial charge in [0.05, 0.1) is 0 Å². The van der Waals surface area contributed by atoms with E-state index in [1.165, 1.54) is 24.4 Å². The smallest absolute Gasteiger partial charge is 0.205 e. The van der Waals surface area contributed by atoms with Gasteiger partial charge in [0.25, 0.3) is 0 Å². The maximum atomic E-state index is 5.48. The van der Waals surface area contributed by atoms with Gasteiger partial charge in [0, 0.05) is 63.6 Å². The normalized spacial score (nSPS) is 26.3. The van der Waals surface area contributed by atoms with Crippen molar-refractivity contribution in [2.75, 3.05) is 44.9 Å². The van der Waals surface area contributed by atoms with Crippen molar-refractivity contribution < 1.29 is 9.47 Å². The molecular weight excluding hydrogens is 300 g/mol. The summed E-state index contributed by atoms with van der Waals surface area (Å²) in [5.74, 6) is 0.793. The first-order chi connectivity index (χ1) is 10.7. The molecule has 0 spiro atoms. The van der Waals surface area contributed by atoms with Crippen LogP contribution in [0.1, 0.15) is 38.6 Å². The molecule has 1 aromatic heterocycles. The monoisotopic (exact) mass is 326 g/mol. The van der Waals surface area contributed by atoms with E-state index >= 15 is 0 Å². The number of anilines is 1. The largest absolute Gasteiger partial charge is 0.381 e. The fourth-order valence-corrected chi connectivity index (χ4v) is 4.14. The average Bonchev–Trinajstić information content (AvgIpc) is 3.04. The highest BCUT2D eigenvalue weighted by Crippen LogP contribution is 2.27. The molecule has 2 fully saturated rings. The zero-order chi connectivity index (χ0) is 15.5. The molecule has 2 aliphatic heterocycles. The third-order valence-corrected chi connectivity index (χ3v) is 5.53. The number of methoxy groups -OCH3 is 1. The molecule has 0 radical (unpaired) electrons. The summed E-state index contributed by atoms with van der Waals surface area (Å²) >= 11 is 1.49. The predicted octanol–water partition coefficient (Wildman–Crippen LogP) is 1.94. The van der Waals surface area contributed by atoms with Crippen LogP contribution in [0.3, 0.4) is 0 Å². The van der Waals surface area contributed by atoms with Crippen LogP contribution >= 0.6 is 11.5 Å². The highest BCUT2D eigenvalue weighted by atomic mass is 32.1. The summed E-state index contributed by atoms with van der Waals surface area (Å²) in [5.41, 5.74) is 0. The van der Waals surface area contributed by atoms with Crippen molar-refractivity contribution in [3.63, 3.8) is 0 Å². The van der Waals surface area contributed by atoms with Gasteiger partial charge < -0.3 is 14.4 Å². The van der Waals surface area contributed by atoms with Gasteiger partial charge in [-0.05, 0) is 26.7 Å². The summed E-state index contributed by atoms with van der Waals surface area (Å²) in [4.78, 5) is 9.68. The molecule has 7 heteroatoms. The molecule has 0 bridgehead atoms. The van der Waals surface area contributed by atoms with Crippen LogP contribution in [-0.4, -0.2) is 66.3 Å². The Labute approximate surface area is 136 Å². The van der Waals surface area contributed by atoms with E-state index in [-0.39, 0.29) is 6.10 Å². The number of hydrogen-bond acceptors (Lipinski definition) is 7. The van der Waals surface area contributed by atoms with Crippen molar-refractivity contribution >= 4 is 16.7 Å². The predicted molar refractivity (Wildman–Crippen MR) is 87.6 cm³/mol. The minimum absolute atomic E-state index is 0.0381. The number of nitrogens with zero attached hydrogens (tertiary/aromatic N) is 4. The van der Waals surface area contributed by atoms with Gasteiger partial charge in [0.1, 0.15) is 6.10 Å². The Morgan fingerprint density at radius 1 is 1.32 bits per heavy atom. The van der Waals surface area contributed by atoms with Gasteiger partial charge in [-0.1, -0.05) is 0 Å². The number of rotatable bonds is 4. The van der Waals surface area contributed by atoms with E-state index in [1.807, 2.05) is 6.92 Å². The molecule has 3 heterocycles. The molecule has 124 valence electrons. The number of ether oxygens (including phenoxy) is 2. The third kappa shape index (κ3) is 3.42. The first-order valence-electron chi connectivity index (χ1n) is 8.14. The Kier molecular flexibility index (Phi) is 5.28. The highest BCUT2D eigenvalue weighted by molar-refractivity contribution is 7.09. The summed E-state index contributed by atoms with van der Waals surface area (Å²) in [6.45, 7) is 9.31. The van der Waals surface area contributed by atoms with Gasteiger partial charge in [0.2, 0.25) is 5.13 Å². The lowest BCUT2D eigenvalue weighted by Crippen LogP contribution is -2.55. The first kappa shape index (κ1) is 16.1. The Hall–Kier alpha value is -0.760. The molecule has 3 rings (SSSR count). The van der Waals surface area contributed by atoms with Gasteiger partial charge in [0.15, 0.2) is 5.82 Å². The molecular formula is C15H26N4O2S. The van der Waals surface area contributed by atoms with Crippen molar-refractivity contribution in [2.45, 2.75) is 44.9 Å². The van der Waals surface area contributed by atoms with Crippen molar-refractivity contribution in [3.05, 3.63) is 5.82 Å². The van der Waals surface area contributed by atoms with Crippen LogP contribution in [0.4, 0.5) is 5.13 Å². The van der Waals surface area contributed by atoms with E-state index < -0.39 is 0 Å². The molecule has 0 saturated carbocycles. The van der Waals surface area contributed by atoms with Crippen LogP contribution in [-0.2, 0) is 9.47 Å². The van der Waals surface area contributed by atoms with Crippen LogP contribution < -0.4 is 4.90 Å². The average molecular weight is 326 g/mol. The lowest BCUT2D eigenvalue weighted by atomic mass is 10.0. The Bertz CT molecular complexity index is 478. The Morgan fingerprint density at radius 2 is 2.09 bits per heavy atom. The van der Waals surface area contributed by atoms with Gasteiger partial charge in [-0.2, -0.15) is 4.37 Å². The number of aromatic nitrogens is 2. The van der Waals surface area contributed by atoms with Gasteiger partial charge in [-0.15, -0.1) is 0 Å². The summed E-state index contributed by atoms with van der Waals surface area (Å²) in [5, 5.41) is 1.03. The van der Waals surface area contributed by atoms with Gasteiger partial charge in [-0.3, -0.25) is 4.90 Å². The molecule has 1 aromatic rings. The van der Waals surface area contributed by atoms with E-state index in [0.29, 0.717) is 12.1 Å². The summed E-state index contributed by atoms with van der Waals surface area (Å²) < 4.78 is 15.2. The highest BCUT2D eigenvalue weighted by Gasteiger charge is 2.31. The number of piperazine rings is 1. The fraction of sp³-hybridized carbons (Fsp3) is 0.867. The second-order valence-corrected chi connectivity index (χ2v) is 6.92. The molecule has 1 unspecified atom stereocenters. The van der Waals surface area contributed by atoms with Crippen LogP contribution in [0.15, 0.2) is 0 Å². The fourth-order valence-electron chi connectivity index (χ4n) is 3.27. The van der Waals surface area contributed by atoms with Crippen molar-refractivity contribution in [1.82, 2.24) is 14.3 Å². The Morgan fingerprint density at radius 3 is 2.77 bits per heavy atom. The maximum absolute atomic E-state index is 5.48. The second kappa shape index (κ2) is 7.21. The number of hydrogen-bond donors (Lipinski definition) is 0. The summed E-state index contributed by atoms with van der Waals surface area (Å²) in [7, 11) is 1.70. The molecule has 0 aliphatic carbocycles. The second-order valence-electron chi connectivity index (χ2n) is 6.19. The van der Waals surface area contributed by atoms with Crippen molar-refractivity contribution in [2.24, 2.45) is 0 Å². The molecule has 2 atom stereocenters. The van der Waals surface area contributed by atoms with E-state index in [1.54, 1.807) is 7.11 Å². The molecule has 2 saturated heterocycles. The van der Waals surface area contributed by atoms with Crippen LogP contribution in [0.2, 0.25) is 0 Å². The van der Waals surface area contributed by atoms with Crippen LogP contribution in [0.5, 0.6) is 0 Å². The molecule has 0 aromatic carbocycles. The van der Waals surface area contributed by atoms with Crippen LogP contribution in [0.25, 0.3) is 0 Å². The molecule has 2 aliphatic rings. The van der Waals surface area contributed by atoms with E-state index in [4.69, 9.17) is 9.47 Å². The van der Waals surface area contributed by atoms with Gasteiger partial charge >= 0.3 is 0 Å². The topological polar surface area (TPSA) is 50.7 Å². The maximum Gasteiger partial charge on any atom is 0.205 e. The summed E-state index contributed by atoms with van der Waals surface area (Å²) in [6.07, 6.45) is 2.30. The third-order valence-electron chi connectivity index (χ3n) is 4.76. The van der Waals surface area contributed by atoms with Gasteiger partial charge in [-0.25, -0.2) is 4.98 Å². The standard InChI is InChI=1S/C15H26N4O2S/c1-11-10-18(13-4-8-21-9-5-13)6-7-19(11)15-16-14(17-22-15)12(2)20-3/h11-13H,4-10H2,1-3H3/t11-,12?/m1/s1. The lowest BCUT2D eigenvalue weighted by molar-refractivity contribution is 0.0280. The van der Waals surface area contributed by atoms with Crippen LogP contribution in [0, 0.1) is 0 Å². The molecule has 0 N–H and O–H groups in total. The van der Waals surface area contributed by atoms with E-state index in [2.05, 4.69) is 26.1 Å². The van der Waals surface area contributed by atoms with Crippen molar-refractivity contribution in [3.8, 4) is 0 Å². The molecule has 22 heavy (non-hydrogen) atoms. The van der Waals surface area contributed by atoms with E-state index in [0.717, 1.165) is 43.8 Å². The summed E-state index contributed by atoms with van der Waals surface area (Å²) in [6, 6.07) is 1.16. The Balaban J connectivity index is 1.61. The quantitative estimate of drug-likeness (QED) is 0.843. The lowest BCUT2D eigenvalue weighted by Gasteiger charge is -2.44. The molecule has 6 nitrogen and oxygen atoms in total. The van der Waals surface area contributed by atoms with Crippen molar-refractivity contribution in [1.29, 1.82) is 0 Å². The van der Waals surface area contributed by atoms with E-state index in [9.17, 15) is 0 Å². The molecule has 0 amide bonds. The zero-order valence-electron chi connectivity index (χ0n) is 13.7. The minimum Gasteiger partial charge on any atom is -0.381 e. The zero-order valence-corrected chi connectivity index (χ0v) is 14.5. The first-order valence-corrected chi connectivity index (χ1v) is 8.91.